The SMILES string of the molecule is CC(C)(C)N(OC(=O)N1CCCCC1)C(=O)CS. The number of amides is 2. The number of likely N-dealkylation sites (tertiary alicyclic amines) is 1. The summed E-state index contributed by atoms with van der Waals surface area (Å²) in [6, 6.07) is 0. The van der Waals surface area contributed by atoms with E-state index in [1.165, 1.54) is 0 Å². The molecular weight excluding hydrogens is 252 g/mol. The monoisotopic (exact) mass is 274 g/mol. The van der Waals surface area contributed by atoms with Gasteiger partial charge in [0.15, 0.2) is 0 Å². The summed E-state index contributed by atoms with van der Waals surface area (Å²) in [7, 11) is 0. The van der Waals surface area contributed by atoms with Crippen LogP contribution in [0.3, 0.4) is 0 Å². The molecule has 104 valence electrons. The van der Waals surface area contributed by atoms with Crippen molar-refractivity contribution in [3.8, 4) is 0 Å². The Kier molecular flexibility index (Phi) is 5.31. The first-order valence-corrected chi connectivity index (χ1v) is 6.90. The zero-order valence-electron chi connectivity index (χ0n) is 11.3. The number of hydrogen-bond donors (Lipinski definition) is 1. The topological polar surface area (TPSA) is 49.9 Å². The molecule has 6 heteroatoms. The number of carbonyl (C=O) groups is 2. The van der Waals surface area contributed by atoms with E-state index in [-0.39, 0.29) is 11.7 Å². The molecule has 1 aliphatic heterocycles. The fourth-order valence-electron chi connectivity index (χ4n) is 1.84. The van der Waals surface area contributed by atoms with Crippen LogP contribution in [0.15, 0.2) is 0 Å². The van der Waals surface area contributed by atoms with Gasteiger partial charge in [-0.25, -0.2) is 4.79 Å². The minimum absolute atomic E-state index is 0.0184. The van der Waals surface area contributed by atoms with E-state index in [2.05, 4.69) is 12.6 Å². The van der Waals surface area contributed by atoms with Crippen molar-refractivity contribution in [3.63, 3.8) is 0 Å². The van der Waals surface area contributed by atoms with Gasteiger partial charge in [0.2, 0.25) is 0 Å². The Morgan fingerprint density at radius 3 is 2.22 bits per heavy atom. The standard InChI is InChI=1S/C12H22N2O3S/c1-12(2,3)14(10(15)9-18)17-11(16)13-7-5-4-6-8-13/h18H,4-9H2,1-3H3. The summed E-state index contributed by atoms with van der Waals surface area (Å²) in [6.45, 7) is 6.85. The Morgan fingerprint density at radius 1 is 1.22 bits per heavy atom. The summed E-state index contributed by atoms with van der Waals surface area (Å²) in [6.07, 6.45) is 2.68. The van der Waals surface area contributed by atoms with Gasteiger partial charge < -0.3 is 9.74 Å². The van der Waals surface area contributed by atoms with Crippen LogP contribution in [0.2, 0.25) is 0 Å². The lowest BCUT2D eigenvalue weighted by atomic mass is 10.1. The summed E-state index contributed by atoms with van der Waals surface area (Å²) in [5, 5.41) is 1.12. The molecule has 0 radical (unpaired) electrons. The van der Waals surface area contributed by atoms with Gasteiger partial charge in [0.05, 0.1) is 11.3 Å². The number of carbonyl (C=O) groups excluding carboxylic acids is 2. The first-order chi connectivity index (χ1) is 8.36. The highest BCUT2D eigenvalue weighted by molar-refractivity contribution is 7.81. The lowest BCUT2D eigenvalue weighted by Crippen LogP contribution is -2.50. The molecule has 5 nitrogen and oxygen atoms in total. The van der Waals surface area contributed by atoms with E-state index in [0.29, 0.717) is 13.1 Å². The number of nitrogens with zero attached hydrogens (tertiary/aromatic N) is 2. The van der Waals surface area contributed by atoms with Crippen molar-refractivity contribution in [1.82, 2.24) is 9.96 Å². The first-order valence-electron chi connectivity index (χ1n) is 6.27. The molecule has 0 N–H and O–H groups in total. The van der Waals surface area contributed by atoms with Gasteiger partial charge in [-0.15, -0.1) is 0 Å². The van der Waals surface area contributed by atoms with E-state index < -0.39 is 11.6 Å². The molecule has 0 aromatic heterocycles. The molecule has 1 heterocycles. The third-order valence-corrected chi connectivity index (χ3v) is 3.03. The minimum Gasteiger partial charge on any atom is -0.318 e. The fraction of sp³-hybridized carbons (Fsp3) is 0.833. The summed E-state index contributed by atoms with van der Waals surface area (Å²) >= 11 is 3.94. The molecule has 1 rings (SSSR count). The highest BCUT2D eigenvalue weighted by atomic mass is 32.1. The van der Waals surface area contributed by atoms with E-state index in [1.807, 2.05) is 20.8 Å². The Labute approximate surface area is 114 Å². The molecular formula is C12H22N2O3S. The maximum absolute atomic E-state index is 12.0. The molecule has 0 bridgehead atoms. The third-order valence-electron chi connectivity index (χ3n) is 2.75. The summed E-state index contributed by atoms with van der Waals surface area (Å²) < 4.78 is 0. The molecule has 1 fully saturated rings. The second-order valence-electron chi connectivity index (χ2n) is 5.42. The number of thiol groups is 1. The zero-order chi connectivity index (χ0) is 13.8. The number of hydrogen-bond acceptors (Lipinski definition) is 4. The van der Waals surface area contributed by atoms with Crippen molar-refractivity contribution >= 4 is 24.6 Å². The van der Waals surface area contributed by atoms with E-state index in [1.54, 1.807) is 4.90 Å². The largest absolute Gasteiger partial charge is 0.434 e. The lowest BCUT2D eigenvalue weighted by molar-refractivity contribution is -0.187. The summed E-state index contributed by atoms with van der Waals surface area (Å²) in [5.74, 6) is -0.291. The first kappa shape index (κ1) is 15.1. The lowest BCUT2D eigenvalue weighted by Gasteiger charge is -2.35. The van der Waals surface area contributed by atoms with Crippen LogP contribution in [0.4, 0.5) is 4.79 Å². The van der Waals surface area contributed by atoms with Gasteiger partial charge in [-0.1, -0.05) is 0 Å². The molecule has 0 aromatic rings. The molecule has 0 spiro atoms. The van der Waals surface area contributed by atoms with Crippen LogP contribution in [0.1, 0.15) is 40.0 Å². The van der Waals surface area contributed by atoms with Crippen LogP contribution in [0, 0.1) is 0 Å². The second kappa shape index (κ2) is 6.31. The molecule has 0 atom stereocenters. The van der Waals surface area contributed by atoms with Gasteiger partial charge in [-0.2, -0.15) is 17.7 Å². The number of piperidine rings is 1. The minimum atomic E-state index is -0.564. The summed E-state index contributed by atoms with van der Waals surface area (Å²) in [5.41, 5.74) is -0.564. The van der Waals surface area contributed by atoms with Gasteiger partial charge in [0, 0.05) is 13.1 Å². The van der Waals surface area contributed by atoms with E-state index in [0.717, 1.165) is 24.3 Å². The van der Waals surface area contributed by atoms with Crippen LogP contribution in [0.5, 0.6) is 0 Å². The molecule has 0 unspecified atom stereocenters. The van der Waals surface area contributed by atoms with Crippen molar-refractivity contribution in [2.24, 2.45) is 0 Å². The van der Waals surface area contributed by atoms with E-state index in [9.17, 15) is 9.59 Å². The van der Waals surface area contributed by atoms with Gasteiger partial charge in [0.25, 0.3) is 5.91 Å². The fourth-order valence-corrected chi connectivity index (χ4v) is 1.97. The highest BCUT2D eigenvalue weighted by Crippen LogP contribution is 2.17. The third kappa shape index (κ3) is 4.08. The predicted molar refractivity (Wildman–Crippen MR) is 72.4 cm³/mol. The quantitative estimate of drug-likeness (QED) is 0.588. The average Bonchev–Trinajstić information content (AvgIpc) is 2.34. The molecule has 18 heavy (non-hydrogen) atoms. The number of rotatable bonds is 1. The van der Waals surface area contributed by atoms with Gasteiger partial charge in [-0.05, 0) is 40.0 Å². The van der Waals surface area contributed by atoms with Crippen molar-refractivity contribution < 1.29 is 14.4 Å². The molecule has 0 saturated carbocycles. The van der Waals surface area contributed by atoms with Crippen molar-refractivity contribution in [1.29, 1.82) is 0 Å². The highest BCUT2D eigenvalue weighted by Gasteiger charge is 2.31. The Hall–Kier alpha value is -0.910. The molecule has 1 saturated heterocycles. The maximum atomic E-state index is 12.0. The Balaban J connectivity index is 2.65. The zero-order valence-corrected chi connectivity index (χ0v) is 12.2. The van der Waals surface area contributed by atoms with Crippen LogP contribution in [-0.2, 0) is 9.63 Å². The van der Waals surface area contributed by atoms with Gasteiger partial charge in [-0.3, -0.25) is 4.79 Å². The molecule has 2 amide bonds. The van der Waals surface area contributed by atoms with Crippen LogP contribution < -0.4 is 0 Å². The molecule has 1 aliphatic rings. The smallest absolute Gasteiger partial charge is 0.318 e. The second-order valence-corrected chi connectivity index (χ2v) is 5.74. The summed E-state index contributed by atoms with van der Waals surface area (Å²) in [4.78, 5) is 30.6. The van der Waals surface area contributed by atoms with E-state index in [4.69, 9.17) is 4.84 Å². The van der Waals surface area contributed by atoms with Crippen LogP contribution >= 0.6 is 12.6 Å². The average molecular weight is 274 g/mol. The van der Waals surface area contributed by atoms with Crippen LogP contribution in [-0.4, -0.2) is 46.3 Å². The molecule has 0 aromatic carbocycles. The maximum Gasteiger partial charge on any atom is 0.434 e. The number of hydroxylamine groups is 2. The predicted octanol–water partition coefficient (Wildman–Crippen LogP) is 2.08. The van der Waals surface area contributed by atoms with E-state index >= 15 is 0 Å². The van der Waals surface area contributed by atoms with Gasteiger partial charge >= 0.3 is 6.09 Å². The van der Waals surface area contributed by atoms with Crippen molar-refractivity contribution in [3.05, 3.63) is 0 Å². The van der Waals surface area contributed by atoms with Crippen LogP contribution in [0.25, 0.3) is 0 Å². The Morgan fingerprint density at radius 2 is 1.78 bits per heavy atom. The Bertz CT molecular complexity index is 309. The molecule has 0 aliphatic carbocycles. The van der Waals surface area contributed by atoms with Gasteiger partial charge in [0.1, 0.15) is 0 Å². The van der Waals surface area contributed by atoms with Crippen molar-refractivity contribution in [2.45, 2.75) is 45.6 Å². The normalized spacial score (nSPS) is 16.3. The van der Waals surface area contributed by atoms with Crippen molar-refractivity contribution in [2.75, 3.05) is 18.8 Å².